The number of Topliss-reactive ketones (excluding diaryl/α,β-unsaturated/α-hetero) is 1. The number of ketones is 1. The predicted molar refractivity (Wildman–Crippen MR) is 54.0 cm³/mol. The van der Waals surface area contributed by atoms with E-state index >= 15 is 0 Å². The summed E-state index contributed by atoms with van der Waals surface area (Å²) in [5.41, 5.74) is 1.91. The third-order valence-electron chi connectivity index (χ3n) is 2.59. The lowest BCUT2D eigenvalue weighted by Crippen LogP contribution is -2.27. The highest BCUT2D eigenvalue weighted by Gasteiger charge is 2.29. The average molecular weight is 204 g/mol. The Kier molecular flexibility index (Phi) is 2.49. The summed E-state index contributed by atoms with van der Waals surface area (Å²) in [6, 6.07) is 3.81. The number of carbonyl (C=O) groups is 2. The summed E-state index contributed by atoms with van der Waals surface area (Å²) < 4.78 is 0. The van der Waals surface area contributed by atoms with Gasteiger partial charge in [-0.05, 0) is 18.6 Å². The Morgan fingerprint density at radius 1 is 1.47 bits per heavy atom. The Bertz CT molecular complexity index is 415. The highest BCUT2D eigenvalue weighted by atomic mass is 16.2. The molecule has 1 aromatic heterocycles. The van der Waals surface area contributed by atoms with Gasteiger partial charge in [0, 0.05) is 19.2 Å². The number of aryl methyl sites for hydroxylation is 1. The molecule has 78 valence electrons. The number of aromatic nitrogens is 1. The van der Waals surface area contributed by atoms with E-state index in [0.717, 1.165) is 11.3 Å². The first kappa shape index (κ1) is 9.83. The Balaban J connectivity index is 2.13. The smallest absolute Gasteiger partial charge is 0.290 e. The zero-order valence-electron chi connectivity index (χ0n) is 8.56. The van der Waals surface area contributed by atoms with Gasteiger partial charge in [0.1, 0.15) is 0 Å². The van der Waals surface area contributed by atoms with Crippen LogP contribution < -0.4 is 0 Å². The van der Waals surface area contributed by atoms with E-state index in [9.17, 15) is 9.59 Å². The van der Waals surface area contributed by atoms with Gasteiger partial charge in [0.15, 0.2) is 0 Å². The highest BCUT2D eigenvalue weighted by Crippen LogP contribution is 2.12. The highest BCUT2D eigenvalue weighted by molar-refractivity contribution is 6.37. The molecular formula is C11H12N2O2. The zero-order chi connectivity index (χ0) is 10.8. The molecular weight excluding hydrogens is 192 g/mol. The van der Waals surface area contributed by atoms with E-state index in [2.05, 4.69) is 4.98 Å². The van der Waals surface area contributed by atoms with Crippen molar-refractivity contribution >= 4 is 11.7 Å². The minimum Gasteiger partial charge on any atom is -0.330 e. The van der Waals surface area contributed by atoms with Gasteiger partial charge >= 0.3 is 0 Å². The summed E-state index contributed by atoms with van der Waals surface area (Å²) in [7, 11) is 0. The fraction of sp³-hybridized carbons (Fsp3) is 0.364. The lowest BCUT2D eigenvalue weighted by Gasteiger charge is -2.14. The summed E-state index contributed by atoms with van der Waals surface area (Å²) >= 11 is 0. The van der Waals surface area contributed by atoms with Crippen LogP contribution in [0.1, 0.15) is 17.7 Å². The van der Waals surface area contributed by atoms with Crippen LogP contribution in [0.15, 0.2) is 18.3 Å². The molecule has 1 aromatic rings. The summed E-state index contributed by atoms with van der Waals surface area (Å²) in [6.45, 7) is 2.91. The van der Waals surface area contributed by atoms with Crippen molar-refractivity contribution in [2.75, 3.05) is 6.54 Å². The van der Waals surface area contributed by atoms with E-state index in [1.54, 1.807) is 11.1 Å². The molecule has 2 heterocycles. The van der Waals surface area contributed by atoms with Gasteiger partial charge in [-0.1, -0.05) is 6.07 Å². The topological polar surface area (TPSA) is 50.3 Å². The second kappa shape index (κ2) is 3.81. The van der Waals surface area contributed by atoms with Gasteiger partial charge in [0.25, 0.3) is 5.91 Å². The zero-order valence-corrected chi connectivity index (χ0v) is 8.56. The first-order chi connectivity index (χ1) is 7.18. The lowest BCUT2D eigenvalue weighted by molar-refractivity contribution is -0.140. The fourth-order valence-electron chi connectivity index (χ4n) is 1.64. The maximum atomic E-state index is 11.4. The number of amides is 1. The van der Waals surface area contributed by atoms with Crippen LogP contribution in [-0.2, 0) is 16.1 Å². The molecule has 2 rings (SSSR count). The summed E-state index contributed by atoms with van der Waals surface area (Å²) in [4.78, 5) is 28.2. The van der Waals surface area contributed by atoms with Crippen molar-refractivity contribution in [3.8, 4) is 0 Å². The van der Waals surface area contributed by atoms with Crippen molar-refractivity contribution in [2.24, 2.45) is 0 Å². The van der Waals surface area contributed by atoms with Gasteiger partial charge in [-0.25, -0.2) is 0 Å². The van der Waals surface area contributed by atoms with Gasteiger partial charge in [0.2, 0.25) is 5.78 Å². The quantitative estimate of drug-likeness (QED) is 0.666. The van der Waals surface area contributed by atoms with Crippen molar-refractivity contribution in [1.29, 1.82) is 0 Å². The van der Waals surface area contributed by atoms with Gasteiger partial charge in [0.05, 0.1) is 12.2 Å². The molecule has 0 unspecified atom stereocenters. The van der Waals surface area contributed by atoms with Crippen molar-refractivity contribution in [1.82, 2.24) is 9.88 Å². The van der Waals surface area contributed by atoms with Gasteiger partial charge in [-0.2, -0.15) is 0 Å². The lowest BCUT2D eigenvalue weighted by atomic mass is 10.2. The van der Waals surface area contributed by atoms with Crippen molar-refractivity contribution in [3.63, 3.8) is 0 Å². The van der Waals surface area contributed by atoms with E-state index in [1.165, 1.54) is 0 Å². The van der Waals surface area contributed by atoms with Crippen LogP contribution in [-0.4, -0.2) is 28.1 Å². The van der Waals surface area contributed by atoms with Crippen LogP contribution in [0.4, 0.5) is 0 Å². The van der Waals surface area contributed by atoms with Gasteiger partial charge in [-0.3, -0.25) is 14.6 Å². The molecule has 15 heavy (non-hydrogen) atoms. The van der Waals surface area contributed by atoms with Crippen LogP contribution in [0.2, 0.25) is 0 Å². The van der Waals surface area contributed by atoms with Crippen LogP contribution >= 0.6 is 0 Å². The summed E-state index contributed by atoms with van der Waals surface area (Å²) in [6.07, 6.45) is 2.04. The second-order valence-electron chi connectivity index (χ2n) is 3.67. The molecule has 0 radical (unpaired) electrons. The van der Waals surface area contributed by atoms with E-state index in [0.29, 0.717) is 19.5 Å². The third-order valence-corrected chi connectivity index (χ3v) is 2.59. The molecule has 1 saturated heterocycles. The predicted octanol–water partition coefficient (Wildman–Crippen LogP) is 0.691. The first-order valence-corrected chi connectivity index (χ1v) is 4.91. The first-order valence-electron chi connectivity index (χ1n) is 4.91. The maximum Gasteiger partial charge on any atom is 0.290 e. The molecule has 0 atom stereocenters. The van der Waals surface area contributed by atoms with E-state index in [4.69, 9.17) is 0 Å². The van der Waals surface area contributed by atoms with Crippen LogP contribution in [0.3, 0.4) is 0 Å². The van der Waals surface area contributed by atoms with Crippen LogP contribution in [0.25, 0.3) is 0 Å². The number of hydrogen-bond donors (Lipinski definition) is 0. The van der Waals surface area contributed by atoms with Crippen LogP contribution in [0.5, 0.6) is 0 Å². The maximum absolute atomic E-state index is 11.4. The molecule has 0 spiro atoms. The standard InChI is InChI=1S/C11H12N2O2/c1-8-3-2-5-12-9(8)7-13-6-4-10(14)11(13)15/h2-3,5H,4,6-7H2,1H3. The Labute approximate surface area is 87.9 Å². The monoisotopic (exact) mass is 204 g/mol. The minimum atomic E-state index is -0.375. The summed E-state index contributed by atoms with van der Waals surface area (Å²) in [5, 5.41) is 0. The molecule has 1 amide bonds. The average Bonchev–Trinajstić information content (AvgIpc) is 2.53. The SMILES string of the molecule is Cc1cccnc1CN1CCC(=O)C1=O. The number of nitrogens with zero attached hydrogens (tertiary/aromatic N) is 2. The molecule has 0 bridgehead atoms. The Morgan fingerprint density at radius 2 is 2.27 bits per heavy atom. The van der Waals surface area contributed by atoms with E-state index in [-0.39, 0.29) is 11.7 Å². The van der Waals surface area contributed by atoms with Gasteiger partial charge < -0.3 is 4.90 Å². The summed E-state index contributed by atoms with van der Waals surface area (Å²) in [5.74, 6) is -0.663. The fourth-order valence-corrected chi connectivity index (χ4v) is 1.64. The second-order valence-corrected chi connectivity index (χ2v) is 3.67. The molecule has 0 saturated carbocycles. The Hall–Kier alpha value is -1.71. The van der Waals surface area contributed by atoms with Gasteiger partial charge in [-0.15, -0.1) is 0 Å². The number of hydrogen-bond acceptors (Lipinski definition) is 3. The van der Waals surface area contributed by atoms with Crippen molar-refractivity contribution < 1.29 is 9.59 Å². The number of rotatable bonds is 2. The number of likely N-dealkylation sites (tertiary alicyclic amines) is 1. The normalized spacial score (nSPS) is 16.2. The Morgan fingerprint density at radius 3 is 2.87 bits per heavy atom. The van der Waals surface area contributed by atoms with Crippen molar-refractivity contribution in [2.45, 2.75) is 19.9 Å². The molecule has 1 fully saturated rings. The molecule has 1 aliphatic heterocycles. The largest absolute Gasteiger partial charge is 0.330 e. The van der Waals surface area contributed by atoms with Crippen molar-refractivity contribution in [3.05, 3.63) is 29.6 Å². The molecule has 1 aliphatic rings. The molecule has 4 nitrogen and oxygen atoms in total. The number of pyridine rings is 1. The molecule has 4 heteroatoms. The third kappa shape index (κ3) is 1.88. The van der Waals surface area contributed by atoms with Crippen LogP contribution in [0, 0.1) is 6.92 Å². The molecule has 0 N–H and O–H groups in total. The number of carbonyl (C=O) groups excluding carboxylic acids is 2. The minimum absolute atomic E-state index is 0.288. The van der Waals surface area contributed by atoms with E-state index in [1.807, 2.05) is 19.1 Å². The molecule has 0 aromatic carbocycles. The molecule has 0 aliphatic carbocycles. The van der Waals surface area contributed by atoms with E-state index < -0.39 is 0 Å².